The molecule has 0 aliphatic carbocycles. The first-order valence-electron chi connectivity index (χ1n) is 5.68. The molecule has 2 N–H and O–H groups in total. The Bertz CT molecular complexity index is 506. The van der Waals surface area contributed by atoms with Crippen LogP contribution in [0.25, 0.3) is 0 Å². The van der Waals surface area contributed by atoms with Crippen LogP contribution in [0.5, 0.6) is 11.5 Å². The van der Waals surface area contributed by atoms with E-state index >= 15 is 0 Å². The highest BCUT2D eigenvalue weighted by Crippen LogP contribution is 2.33. The molecular formula is C13H16O6. The van der Waals surface area contributed by atoms with Crippen molar-refractivity contribution in [3.63, 3.8) is 0 Å². The predicted octanol–water partition coefficient (Wildman–Crippen LogP) is 1.16. The summed E-state index contributed by atoms with van der Waals surface area (Å²) < 4.78 is 9.13. The van der Waals surface area contributed by atoms with E-state index in [1.54, 1.807) is 6.92 Å². The Hall–Kier alpha value is -2.24. The van der Waals surface area contributed by atoms with Crippen molar-refractivity contribution in [1.29, 1.82) is 0 Å². The lowest BCUT2D eigenvalue weighted by Crippen LogP contribution is -2.14. The second-order valence-electron chi connectivity index (χ2n) is 3.84. The van der Waals surface area contributed by atoms with E-state index in [4.69, 9.17) is 0 Å². The normalized spacial score (nSPS) is 10.1. The molecule has 1 aromatic rings. The second kappa shape index (κ2) is 6.08. The molecule has 0 fully saturated rings. The zero-order valence-corrected chi connectivity index (χ0v) is 11.0. The first-order valence-corrected chi connectivity index (χ1v) is 5.68. The zero-order chi connectivity index (χ0) is 14.6. The van der Waals surface area contributed by atoms with Crippen LogP contribution in [0.15, 0.2) is 6.07 Å². The molecule has 1 aromatic carbocycles. The fraction of sp³-hybridized carbons (Fsp3) is 0.385. The topological polar surface area (TPSA) is 93.1 Å². The minimum Gasteiger partial charge on any atom is -0.508 e. The maximum absolute atomic E-state index is 11.7. The van der Waals surface area contributed by atoms with Gasteiger partial charge in [-0.05, 0) is 17.5 Å². The SMILES string of the molecule is CCc1c(O)cc(O)c(C(=O)OC)c1CC(=O)OC. The highest BCUT2D eigenvalue weighted by molar-refractivity contribution is 5.96. The van der Waals surface area contributed by atoms with Crippen LogP contribution in [0.2, 0.25) is 0 Å². The number of hydrogen-bond donors (Lipinski definition) is 2. The second-order valence-corrected chi connectivity index (χ2v) is 3.84. The summed E-state index contributed by atoms with van der Waals surface area (Å²) in [7, 11) is 2.39. The summed E-state index contributed by atoms with van der Waals surface area (Å²) in [6.45, 7) is 1.76. The van der Waals surface area contributed by atoms with Crippen molar-refractivity contribution in [3.8, 4) is 11.5 Å². The number of rotatable bonds is 4. The van der Waals surface area contributed by atoms with Crippen LogP contribution in [0.1, 0.15) is 28.4 Å². The van der Waals surface area contributed by atoms with E-state index < -0.39 is 17.7 Å². The molecule has 0 aliphatic rings. The van der Waals surface area contributed by atoms with Gasteiger partial charge in [-0.15, -0.1) is 0 Å². The average Bonchev–Trinajstić information content (AvgIpc) is 2.38. The van der Waals surface area contributed by atoms with Crippen LogP contribution in [-0.2, 0) is 27.1 Å². The molecule has 19 heavy (non-hydrogen) atoms. The Morgan fingerprint density at radius 3 is 2.21 bits per heavy atom. The maximum Gasteiger partial charge on any atom is 0.341 e. The lowest BCUT2D eigenvalue weighted by atomic mass is 9.94. The van der Waals surface area contributed by atoms with Gasteiger partial charge < -0.3 is 19.7 Å². The Morgan fingerprint density at radius 1 is 1.11 bits per heavy atom. The van der Waals surface area contributed by atoms with Crippen molar-refractivity contribution in [3.05, 3.63) is 22.8 Å². The van der Waals surface area contributed by atoms with E-state index in [1.807, 2.05) is 0 Å². The highest BCUT2D eigenvalue weighted by Gasteiger charge is 2.24. The van der Waals surface area contributed by atoms with Crippen LogP contribution < -0.4 is 0 Å². The zero-order valence-electron chi connectivity index (χ0n) is 11.0. The first-order chi connectivity index (χ1) is 8.96. The van der Waals surface area contributed by atoms with Gasteiger partial charge in [0.1, 0.15) is 17.1 Å². The van der Waals surface area contributed by atoms with Gasteiger partial charge in [-0.25, -0.2) is 4.79 Å². The standard InChI is InChI=1S/C13H16O6/c1-4-7-8(5-11(16)18-2)12(13(17)19-3)10(15)6-9(7)14/h6,14-15H,4-5H2,1-3H3. The number of methoxy groups -OCH3 is 2. The molecule has 6 heteroatoms. The minimum atomic E-state index is -0.772. The number of benzene rings is 1. The molecule has 0 radical (unpaired) electrons. The Kier molecular flexibility index (Phi) is 4.74. The molecule has 0 aromatic heterocycles. The largest absolute Gasteiger partial charge is 0.508 e. The Morgan fingerprint density at radius 2 is 1.74 bits per heavy atom. The number of carbonyl (C=O) groups excluding carboxylic acids is 2. The van der Waals surface area contributed by atoms with Crippen LogP contribution in [0, 0.1) is 0 Å². The molecule has 0 heterocycles. The monoisotopic (exact) mass is 268 g/mol. The fourth-order valence-corrected chi connectivity index (χ4v) is 1.88. The quantitative estimate of drug-likeness (QED) is 0.796. The highest BCUT2D eigenvalue weighted by atomic mass is 16.5. The van der Waals surface area contributed by atoms with Gasteiger partial charge >= 0.3 is 11.9 Å². The molecular weight excluding hydrogens is 252 g/mol. The van der Waals surface area contributed by atoms with Crippen LogP contribution >= 0.6 is 0 Å². The van der Waals surface area contributed by atoms with Crippen LogP contribution in [0.3, 0.4) is 0 Å². The van der Waals surface area contributed by atoms with Gasteiger partial charge in [0.25, 0.3) is 0 Å². The van der Waals surface area contributed by atoms with Gasteiger partial charge in [-0.2, -0.15) is 0 Å². The van der Waals surface area contributed by atoms with Gasteiger partial charge in [0, 0.05) is 6.07 Å². The van der Waals surface area contributed by atoms with E-state index in [2.05, 4.69) is 9.47 Å². The summed E-state index contributed by atoms with van der Waals surface area (Å²) in [5, 5.41) is 19.5. The molecule has 0 unspecified atom stereocenters. The molecule has 0 atom stereocenters. The number of aromatic hydroxyl groups is 2. The van der Waals surface area contributed by atoms with E-state index in [0.717, 1.165) is 6.07 Å². The third kappa shape index (κ3) is 2.96. The van der Waals surface area contributed by atoms with Gasteiger partial charge in [0.2, 0.25) is 0 Å². The number of ether oxygens (including phenoxy) is 2. The summed E-state index contributed by atoms with van der Waals surface area (Å²) in [6.07, 6.45) is 0.161. The lowest BCUT2D eigenvalue weighted by molar-refractivity contribution is -0.139. The molecule has 1 rings (SSSR count). The third-order valence-electron chi connectivity index (χ3n) is 2.80. The van der Waals surface area contributed by atoms with E-state index in [9.17, 15) is 19.8 Å². The Balaban J connectivity index is 3.50. The number of phenolic OH excluding ortho intramolecular Hbond substituents is 2. The fourth-order valence-electron chi connectivity index (χ4n) is 1.88. The third-order valence-corrected chi connectivity index (χ3v) is 2.80. The smallest absolute Gasteiger partial charge is 0.341 e. The summed E-state index contributed by atoms with van der Waals surface area (Å²) in [5.41, 5.74) is 0.504. The molecule has 0 bridgehead atoms. The minimum absolute atomic E-state index is 0.123. The van der Waals surface area contributed by atoms with Crippen molar-refractivity contribution in [2.24, 2.45) is 0 Å². The van der Waals surface area contributed by atoms with Crippen molar-refractivity contribution in [2.45, 2.75) is 19.8 Å². The van der Waals surface area contributed by atoms with E-state index in [-0.39, 0.29) is 23.3 Å². The predicted molar refractivity (Wildman–Crippen MR) is 66.2 cm³/mol. The summed E-state index contributed by atoms with van der Waals surface area (Å²) in [5.74, 6) is -1.96. The molecule has 0 amide bonds. The van der Waals surface area contributed by atoms with Gasteiger partial charge in [0.15, 0.2) is 0 Å². The summed E-state index contributed by atoms with van der Waals surface area (Å²) in [4.78, 5) is 23.1. The summed E-state index contributed by atoms with van der Waals surface area (Å²) >= 11 is 0. The molecule has 0 saturated heterocycles. The molecule has 104 valence electrons. The molecule has 0 aliphatic heterocycles. The maximum atomic E-state index is 11.7. The van der Waals surface area contributed by atoms with Gasteiger partial charge in [-0.3, -0.25) is 4.79 Å². The first kappa shape index (κ1) is 14.8. The van der Waals surface area contributed by atoms with Crippen molar-refractivity contribution in [2.75, 3.05) is 14.2 Å². The number of hydrogen-bond acceptors (Lipinski definition) is 6. The van der Waals surface area contributed by atoms with Crippen molar-refractivity contribution < 1.29 is 29.3 Å². The number of phenols is 2. The average molecular weight is 268 g/mol. The number of carbonyl (C=O) groups is 2. The molecule has 6 nitrogen and oxygen atoms in total. The van der Waals surface area contributed by atoms with Crippen molar-refractivity contribution in [1.82, 2.24) is 0 Å². The van der Waals surface area contributed by atoms with Gasteiger partial charge in [0.05, 0.1) is 20.6 Å². The van der Waals surface area contributed by atoms with E-state index in [0.29, 0.717) is 12.0 Å². The van der Waals surface area contributed by atoms with E-state index in [1.165, 1.54) is 14.2 Å². The van der Waals surface area contributed by atoms with Crippen molar-refractivity contribution >= 4 is 11.9 Å². The number of esters is 2. The van der Waals surface area contributed by atoms with Crippen LogP contribution in [-0.4, -0.2) is 36.4 Å². The molecule has 0 saturated carbocycles. The molecule has 0 spiro atoms. The Labute approximate surface area is 110 Å². The van der Waals surface area contributed by atoms with Crippen LogP contribution in [0.4, 0.5) is 0 Å². The summed E-state index contributed by atoms with van der Waals surface area (Å²) in [6, 6.07) is 1.06. The van der Waals surface area contributed by atoms with Gasteiger partial charge in [-0.1, -0.05) is 6.92 Å². The lowest BCUT2D eigenvalue weighted by Gasteiger charge is -2.15.